The summed E-state index contributed by atoms with van der Waals surface area (Å²) in [6.07, 6.45) is 4.26. The number of nitrogens with two attached hydrogens (primary N) is 1. The number of hydrogen-bond donors (Lipinski definition) is 2. The summed E-state index contributed by atoms with van der Waals surface area (Å²) in [7, 11) is 0. The molecule has 0 spiro atoms. The summed E-state index contributed by atoms with van der Waals surface area (Å²) >= 11 is 0. The van der Waals surface area contributed by atoms with Gasteiger partial charge in [0.15, 0.2) is 11.6 Å². The number of ether oxygens (including phenoxy) is 1. The van der Waals surface area contributed by atoms with E-state index in [1.54, 1.807) is 31.2 Å². The first-order valence-corrected chi connectivity index (χ1v) is 10.3. The maximum atomic E-state index is 15.0. The number of aromatic nitrogens is 4. The van der Waals surface area contributed by atoms with E-state index in [1.165, 1.54) is 30.6 Å². The highest BCUT2D eigenvalue weighted by Crippen LogP contribution is 2.36. The van der Waals surface area contributed by atoms with E-state index in [0.29, 0.717) is 33.8 Å². The molecule has 8 nitrogen and oxygen atoms in total. The molecule has 0 saturated heterocycles. The second-order valence-corrected chi connectivity index (χ2v) is 7.39. The lowest BCUT2D eigenvalue weighted by atomic mass is 9.96. The number of carbonyl (C=O) groups is 1. The van der Waals surface area contributed by atoms with Gasteiger partial charge in [-0.1, -0.05) is 24.8 Å². The fraction of sp³-hybridized carbons (Fsp3) is 0.0800. The molecule has 9 heteroatoms. The van der Waals surface area contributed by atoms with Gasteiger partial charge in [0.25, 0.3) is 0 Å². The standard InChI is InChI=1S/C25H21FN6O2/c1-4-22(33)31-20-7-5-6-17(15(20)3)23-18(13-29-24(27)32-23)16-8-9-21(19(26)12-16)34-25-28-11-10-14(2)30-25/h4-13H,1H2,2-3H3,(H,31,33)(H2,27,29,32). The molecule has 0 atom stereocenters. The average molecular weight is 456 g/mol. The van der Waals surface area contributed by atoms with Crippen LogP contribution in [0.25, 0.3) is 22.4 Å². The Morgan fingerprint density at radius 1 is 1.12 bits per heavy atom. The molecule has 0 aliphatic carbocycles. The largest absolute Gasteiger partial charge is 0.421 e. The van der Waals surface area contributed by atoms with Crippen molar-refractivity contribution in [1.82, 2.24) is 19.9 Å². The molecule has 0 aliphatic heterocycles. The molecule has 3 N–H and O–H groups in total. The molecule has 4 aromatic rings. The summed E-state index contributed by atoms with van der Waals surface area (Å²) < 4.78 is 20.5. The maximum Gasteiger partial charge on any atom is 0.322 e. The first kappa shape index (κ1) is 22.5. The number of rotatable bonds is 6. The first-order chi connectivity index (χ1) is 16.4. The Bertz CT molecular complexity index is 1410. The van der Waals surface area contributed by atoms with Crippen LogP contribution in [-0.4, -0.2) is 25.8 Å². The topological polar surface area (TPSA) is 116 Å². The molecule has 0 fully saturated rings. The highest BCUT2D eigenvalue weighted by atomic mass is 19.1. The number of nitrogens with one attached hydrogen (secondary N) is 1. The molecule has 170 valence electrons. The normalized spacial score (nSPS) is 10.6. The minimum Gasteiger partial charge on any atom is -0.421 e. The number of amides is 1. The lowest BCUT2D eigenvalue weighted by Crippen LogP contribution is -2.09. The quantitative estimate of drug-likeness (QED) is 0.398. The molecule has 1 amide bonds. The van der Waals surface area contributed by atoms with Crippen LogP contribution in [0.15, 0.2) is 67.5 Å². The van der Waals surface area contributed by atoms with Gasteiger partial charge in [0.05, 0.1) is 5.69 Å². The lowest BCUT2D eigenvalue weighted by molar-refractivity contribution is -0.111. The van der Waals surface area contributed by atoms with E-state index in [-0.39, 0.29) is 23.6 Å². The highest BCUT2D eigenvalue weighted by Gasteiger charge is 2.17. The monoisotopic (exact) mass is 456 g/mol. The smallest absolute Gasteiger partial charge is 0.322 e. The predicted molar refractivity (Wildman–Crippen MR) is 128 cm³/mol. The number of benzene rings is 2. The van der Waals surface area contributed by atoms with E-state index < -0.39 is 5.82 Å². The van der Waals surface area contributed by atoms with Crippen molar-refractivity contribution in [3.05, 3.63) is 84.6 Å². The number of nitrogen functional groups attached to an aromatic ring is 1. The summed E-state index contributed by atoms with van der Waals surface area (Å²) in [6.45, 7) is 7.11. The lowest BCUT2D eigenvalue weighted by Gasteiger charge is -2.15. The van der Waals surface area contributed by atoms with Crippen LogP contribution < -0.4 is 15.8 Å². The van der Waals surface area contributed by atoms with Crippen molar-refractivity contribution in [3.8, 4) is 34.1 Å². The van der Waals surface area contributed by atoms with Crippen molar-refractivity contribution in [1.29, 1.82) is 0 Å². The van der Waals surface area contributed by atoms with Gasteiger partial charge in [-0.25, -0.2) is 24.3 Å². The van der Waals surface area contributed by atoms with E-state index in [2.05, 4.69) is 31.8 Å². The molecule has 0 saturated carbocycles. The van der Waals surface area contributed by atoms with Gasteiger partial charge in [-0.3, -0.25) is 4.79 Å². The fourth-order valence-electron chi connectivity index (χ4n) is 3.35. The van der Waals surface area contributed by atoms with Crippen LogP contribution in [0.2, 0.25) is 0 Å². The molecule has 0 unspecified atom stereocenters. The zero-order valence-corrected chi connectivity index (χ0v) is 18.5. The molecule has 2 aromatic heterocycles. The third-order valence-corrected chi connectivity index (χ3v) is 5.06. The number of anilines is 2. The number of hydrogen-bond acceptors (Lipinski definition) is 7. The van der Waals surface area contributed by atoms with E-state index in [9.17, 15) is 9.18 Å². The van der Waals surface area contributed by atoms with Crippen molar-refractivity contribution >= 4 is 17.5 Å². The van der Waals surface area contributed by atoms with Crippen LogP contribution in [0, 0.1) is 19.7 Å². The fourth-order valence-corrected chi connectivity index (χ4v) is 3.35. The van der Waals surface area contributed by atoms with E-state index in [4.69, 9.17) is 10.5 Å². The van der Waals surface area contributed by atoms with Crippen molar-refractivity contribution < 1.29 is 13.9 Å². The third kappa shape index (κ3) is 4.73. The average Bonchev–Trinajstić information content (AvgIpc) is 2.81. The van der Waals surface area contributed by atoms with Crippen LogP contribution >= 0.6 is 0 Å². The molecular formula is C25H21FN6O2. The van der Waals surface area contributed by atoms with Gasteiger partial charge in [0.2, 0.25) is 11.9 Å². The summed E-state index contributed by atoms with van der Waals surface area (Å²) in [5.41, 5.74) is 10.2. The van der Waals surface area contributed by atoms with Crippen molar-refractivity contribution in [3.63, 3.8) is 0 Å². The minimum absolute atomic E-state index is 0.0161. The Kier molecular flexibility index (Phi) is 6.26. The Morgan fingerprint density at radius 2 is 1.94 bits per heavy atom. The van der Waals surface area contributed by atoms with Crippen LogP contribution in [0.4, 0.5) is 16.0 Å². The van der Waals surface area contributed by atoms with Crippen molar-refractivity contribution in [2.24, 2.45) is 0 Å². The van der Waals surface area contributed by atoms with Crippen molar-refractivity contribution in [2.45, 2.75) is 13.8 Å². The number of nitrogens with zero attached hydrogens (tertiary/aromatic N) is 4. The van der Waals surface area contributed by atoms with E-state index >= 15 is 0 Å². The third-order valence-electron chi connectivity index (χ3n) is 5.06. The maximum absolute atomic E-state index is 15.0. The van der Waals surface area contributed by atoms with Gasteiger partial charge in [-0.15, -0.1) is 0 Å². The van der Waals surface area contributed by atoms with Crippen LogP contribution in [0.1, 0.15) is 11.3 Å². The van der Waals surface area contributed by atoms with Gasteiger partial charge >= 0.3 is 6.01 Å². The molecule has 0 bridgehead atoms. The molecule has 0 aliphatic rings. The van der Waals surface area contributed by atoms with Gasteiger partial charge in [0.1, 0.15) is 0 Å². The molecule has 0 radical (unpaired) electrons. The van der Waals surface area contributed by atoms with Gasteiger partial charge < -0.3 is 15.8 Å². The Hall–Kier alpha value is -4.66. The predicted octanol–water partition coefficient (Wildman–Crippen LogP) is 4.86. The van der Waals surface area contributed by atoms with E-state index in [0.717, 1.165) is 5.56 Å². The molecule has 2 heterocycles. The molecular weight excluding hydrogens is 435 g/mol. The van der Waals surface area contributed by atoms with Crippen molar-refractivity contribution in [2.75, 3.05) is 11.1 Å². The van der Waals surface area contributed by atoms with Crippen LogP contribution in [0.3, 0.4) is 0 Å². The summed E-state index contributed by atoms with van der Waals surface area (Å²) in [5.74, 6) is -0.889. The SMILES string of the molecule is C=CC(=O)Nc1cccc(-c2nc(N)ncc2-c2ccc(Oc3nccc(C)n3)c(F)c2)c1C. The van der Waals surface area contributed by atoms with Crippen LogP contribution in [0.5, 0.6) is 11.8 Å². The zero-order valence-electron chi connectivity index (χ0n) is 18.5. The van der Waals surface area contributed by atoms with Gasteiger partial charge in [-0.2, -0.15) is 0 Å². The Morgan fingerprint density at radius 3 is 2.68 bits per heavy atom. The van der Waals surface area contributed by atoms with E-state index in [1.807, 2.05) is 13.0 Å². The number of carbonyl (C=O) groups excluding carboxylic acids is 1. The summed E-state index contributed by atoms with van der Waals surface area (Å²) in [6, 6.07) is 11.7. The summed E-state index contributed by atoms with van der Waals surface area (Å²) in [5, 5.41) is 2.77. The minimum atomic E-state index is -0.603. The highest BCUT2D eigenvalue weighted by molar-refractivity contribution is 6.00. The Labute approximate surface area is 195 Å². The first-order valence-electron chi connectivity index (χ1n) is 10.3. The molecule has 4 rings (SSSR count). The van der Waals surface area contributed by atoms with Crippen LogP contribution in [-0.2, 0) is 4.79 Å². The number of halogens is 1. The Balaban J connectivity index is 1.75. The number of aryl methyl sites for hydroxylation is 1. The summed E-state index contributed by atoms with van der Waals surface area (Å²) in [4.78, 5) is 28.4. The van der Waals surface area contributed by atoms with Gasteiger partial charge in [-0.05, 0) is 55.3 Å². The second kappa shape index (κ2) is 9.45. The second-order valence-electron chi connectivity index (χ2n) is 7.39. The molecule has 34 heavy (non-hydrogen) atoms. The van der Waals surface area contributed by atoms with Gasteiger partial charge in [0, 0.05) is 34.9 Å². The zero-order chi connectivity index (χ0) is 24.2. The molecule has 2 aromatic carbocycles.